The van der Waals surface area contributed by atoms with Crippen LogP contribution in [-0.2, 0) is 17.7 Å². The number of hydrogen-bond acceptors (Lipinski definition) is 4. The minimum absolute atomic E-state index is 0.194. The fraction of sp³-hybridized carbons (Fsp3) is 0.800. The molecule has 19 heavy (non-hydrogen) atoms. The monoisotopic (exact) mass is 282 g/mol. The largest absolute Gasteiger partial charge is 0.371 e. The van der Waals surface area contributed by atoms with E-state index in [1.54, 1.807) is 0 Å². The van der Waals surface area contributed by atoms with Gasteiger partial charge in [0.25, 0.3) is 0 Å². The summed E-state index contributed by atoms with van der Waals surface area (Å²) in [7, 11) is 0. The summed E-state index contributed by atoms with van der Waals surface area (Å²) in [5, 5.41) is 4.77. The number of hydrogen-bond donors (Lipinski definition) is 1. The van der Waals surface area contributed by atoms with Gasteiger partial charge in [-0.25, -0.2) is 4.98 Å². The lowest BCUT2D eigenvalue weighted by Crippen LogP contribution is -2.15. The molecule has 1 aliphatic rings. The summed E-state index contributed by atoms with van der Waals surface area (Å²) < 4.78 is 5.85. The molecule has 1 aliphatic carbocycles. The molecule has 0 spiro atoms. The van der Waals surface area contributed by atoms with E-state index < -0.39 is 0 Å². The Kier molecular flexibility index (Phi) is 5.79. The molecule has 4 heteroatoms. The lowest BCUT2D eigenvalue weighted by molar-refractivity contribution is 0.0554. The highest BCUT2D eigenvalue weighted by Crippen LogP contribution is 2.30. The Labute approximate surface area is 120 Å². The quantitative estimate of drug-likeness (QED) is 0.747. The van der Waals surface area contributed by atoms with Crippen molar-refractivity contribution in [1.82, 2.24) is 10.3 Å². The van der Waals surface area contributed by atoms with Crippen LogP contribution in [0, 0.1) is 0 Å². The number of aryl methyl sites for hydroxylation is 1. The van der Waals surface area contributed by atoms with Crippen molar-refractivity contribution in [1.29, 1.82) is 0 Å². The summed E-state index contributed by atoms with van der Waals surface area (Å²) in [6.45, 7) is 8.20. The van der Waals surface area contributed by atoms with Crippen LogP contribution in [0.15, 0.2) is 0 Å². The van der Waals surface area contributed by atoms with Crippen LogP contribution in [0.3, 0.4) is 0 Å². The maximum atomic E-state index is 5.85. The summed E-state index contributed by atoms with van der Waals surface area (Å²) in [5.74, 6) is 0. The van der Waals surface area contributed by atoms with Gasteiger partial charge in [-0.2, -0.15) is 0 Å². The third-order valence-corrected chi connectivity index (χ3v) is 4.64. The second-order valence-corrected chi connectivity index (χ2v) is 6.28. The molecule has 1 atom stereocenters. The number of thiazole rings is 1. The molecule has 0 amide bonds. The summed E-state index contributed by atoms with van der Waals surface area (Å²) in [6, 6.07) is 0.758. The Morgan fingerprint density at radius 1 is 1.37 bits per heavy atom. The van der Waals surface area contributed by atoms with Crippen LogP contribution < -0.4 is 5.32 Å². The molecular weight excluding hydrogens is 256 g/mol. The molecule has 0 radical (unpaired) electrons. The van der Waals surface area contributed by atoms with E-state index in [2.05, 4.69) is 26.1 Å². The molecule has 1 heterocycles. The van der Waals surface area contributed by atoms with Gasteiger partial charge in [0.1, 0.15) is 11.1 Å². The van der Waals surface area contributed by atoms with Crippen LogP contribution in [0.5, 0.6) is 0 Å². The minimum Gasteiger partial charge on any atom is -0.371 e. The molecule has 0 bridgehead atoms. The first-order valence-corrected chi connectivity index (χ1v) is 8.43. The van der Waals surface area contributed by atoms with E-state index in [1.165, 1.54) is 28.4 Å². The SMILES string of the molecule is CCCC(OCC)c1nc(CC)c(CNC2CC2)s1. The molecule has 0 aromatic carbocycles. The van der Waals surface area contributed by atoms with E-state index in [0.29, 0.717) is 0 Å². The summed E-state index contributed by atoms with van der Waals surface area (Å²) in [4.78, 5) is 6.23. The van der Waals surface area contributed by atoms with Crippen molar-refractivity contribution in [3.8, 4) is 0 Å². The summed E-state index contributed by atoms with van der Waals surface area (Å²) >= 11 is 1.84. The fourth-order valence-corrected chi connectivity index (χ4v) is 3.41. The van der Waals surface area contributed by atoms with Gasteiger partial charge in [0, 0.05) is 24.1 Å². The zero-order valence-electron chi connectivity index (χ0n) is 12.4. The zero-order valence-corrected chi connectivity index (χ0v) is 13.2. The molecule has 1 aromatic heterocycles. The molecule has 108 valence electrons. The van der Waals surface area contributed by atoms with Gasteiger partial charge in [-0.15, -0.1) is 11.3 Å². The zero-order chi connectivity index (χ0) is 13.7. The Balaban J connectivity index is 2.05. The first kappa shape index (κ1) is 14.9. The molecule has 2 rings (SSSR count). The number of rotatable bonds is 9. The second-order valence-electron chi connectivity index (χ2n) is 5.16. The number of nitrogens with zero attached hydrogens (tertiary/aromatic N) is 1. The number of aromatic nitrogens is 1. The topological polar surface area (TPSA) is 34.1 Å². The van der Waals surface area contributed by atoms with E-state index in [1.807, 2.05) is 11.3 Å². The highest BCUT2D eigenvalue weighted by Gasteiger charge is 2.22. The average molecular weight is 282 g/mol. The van der Waals surface area contributed by atoms with Crippen LogP contribution in [0.4, 0.5) is 0 Å². The lowest BCUT2D eigenvalue weighted by atomic mass is 10.2. The van der Waals surface area contributed by atoms with Crippen LogP contribution in [-0.4, -0.2) is 17.6 Å². The molecule has 0 saturated heterocycles. The molecule has 0 aliphatic heterocycles. The van der Waals surface area contributed by atoms with Crippen molar-refractivity contribution in [3.05, 3.63) is 15.6 Å². The maximum absolute atomic E-state index is 5.85. The maximum Gasteiger partial charge on any atom is 0.122 e. The molecule has 1 unspecified atom stereocenters. The fourth-order valence-electron chi connectivity index (χ4n) is 2.22. The van der Waals surface area contributed by atoms with Gasteiger partial charge in [-0.1, -0.05) is 20.3 Å². The van der Waals surface area contributed by atoms with E-state index in [0.717, 1.165) is 38.5 Å². The molecule has 1 N–H and O–H groups in total. The smallest absolute Gasteiger partial charge is 0.122 e. The predicted molar refractivity (Wildman–Crippen MR) is 80.6 cm³/mol. The lowest BCUT2D eigenvalue weighted by Gasteiger charge is -2.12. The Morgan fingerprint density at radius 2 is 2.16 bits per heavy atom. The molecule has 1 saturated carbocycles. The van der Waals surface area contributed by atoms with Gasteiger partial charge in [0.05, 0.1) is 5.69 Å². The molecular formula is C15H26N2OS. The van der Waals surface area contributed by atoms with Gasteiger partial charge in [-0.05, 0) is 32.6 Å². The van der Waals surface area contributed by atoms with Crippen LogP contribution >= 0.6 is 11.3 Å². The van der Waals surface area contributed by atoms with Crippen molar-refractivity contribution in [2.24, 2.45) is 0 Å². The minimum atomic E-state index is 0.194. The van der Waals surface area contributed by atoms with E-state index in [9.17, 15) is 0 Å². The highest BCUT2D eigenvalue weighted by atomic mass is 32.1. The van der Waals surface area contributed by atoms with Gasteiger partial charge in [0.2, 0.25) is 0 Å². The second kappa shape index (κ2) is 7.36. The summed E-state index contributed by atoms with van der Waals surface area (Å²) in [5.41, 5.74) is 1.26. The van der Waals surface area contributed by atoms with Crippen molar-refractivity contribution in [2.75, 3.05) is 6.61 Å². The van der Waals surface area contributed by atoms with Gasteiger partial charge in [-0.3, -0.25) is 0 Å². The molecule has 1 aromatic rings. The van der Waals surface area contributed by atoms with Crippen molar-refractivity contribution < 1.29 is 4.74 Å². The van der Waals surface area contributed by atoms with Crippen molar-refractivity contribution in [2.45, 2.75) is 71.6 Å². The average Bonchev–Trinajstić information content (AvgIpc) is 3.15. The first-order valence-electron chi connectivity index (χ1n) is 7.61. The third kappa shape index (κ3) is 4.26. The van der Waals surface area contributed by atoms with Gasteiger partial charge >= 0.3 is 0 Å². The molecule has 1 fully saturated rings. The van der Waals surface area contributed by atoms with E-state index >= 15 is 0 Å². The van der Waals surface area contributed by atoms with Crippen LogP contribution in [0.1, 0.15) is 68.1 Å². The Bertz CT molecular complexity index is 381. The highest BCUT2D eigenvalue weighted by molar-refractivity contribution is 7.11. The third-order valence-electron chi connectivity index (χ3n) is 3.45. The van der Waals surface area contributed by atoms with E-state index in [4.69, 9.17) is 9.72 Å². The Morgan fingerprint density at radius 3 is 2.74 bits per heavy atom. The predicted octanol–water partition coefficient (Wildman–Crippen LogP) is 3.84. The number of ether oxygens (including phenoxy) is 1. The van der Waals surface area contributed by atoms with Crippen LogP contribution in [0.2, 0.25) is 0 Å². The van der Waals surface area contributed by atoms with Crippen molar-refractivity contribution in [3.63, 3.8) is 0 Å². The standard InChI is InChI=1S/C15H26N2OS/c1-4-7-13(18-6-3)15-17-12(5-2)14(19-15)10-16-11-8-9-11/h11,13,16H,4-10H2,1-3H3. The van der Waals surface area contributed by atoms with Crippen molar-refractivity contribution >= 4 is 11.3 Å². The molecule has 3 nitrogen and oxygen atoms in total. The van der Waals surface area contributed by atoms with Gasteiger partial charge < -0.3 is 10.1 Å². The normalized spacial score (nSPS) is 16.8. The van der Waals surface area contributed by atoms with Gasteiger partial charge in [0.15, 0.2) is 0 Å². The Hall–Kier alpha value is -0.450. The van der Waals surface area contributed by atoms with E-state index in [-0.39, 0.29) is 6.10 Å². The first-order chi connectivity index (χ1) is 9.28. The summed E-state index contributed by atoms with van der Waals surface area (Å²) in [6.07, 6.45) is 6.10. The van der Waals surface area contributed by atoms with Crippen LogP contribution in [0.25, 0.3) is 0 Å². The number of nitrogens with one attached hydrogen (secondary N) is 1.